The lowest BCUT2D eigenvalue weighted by Crippen LogP contribution is -2.49. The molecule has 4 aliphatic rings. The molecule has 1 N–H and O–H groups in total. The predicted octanol–water partition coefficient (Wildman–Crippen LogP) is 3.10. The van der Waals surface area contributed by atoms with E-state index in [1.54, 1.807) is 11.6 Å². The van der Waals surface area contributed by atoms with Crippen LogP contribution in [0, 0.1) is 17.8 Å². The average Bonchev–Trinajstić information content (AvgIpc) is 3.10. The molecule has 2 aromatic heterocycles. The van der Waals surface area contributed by atoms with Crippen molar-refractivity contribution in [2.45, 2.75) is 63.8 Å². The Hall–Kier alpha value is -2.11. The summed E-state index contributed by atoms with van der Waals surface area (Å²) < 4.78 is 2.87. The molecule has 0 spiro atoms. The van der Waals surface area contributed by atoms with Gasteiger partial charge < -0.3 is 4.98 Å². The molecular weight excluding hydrogens is 340 g/mol. The van der Waals surface area contributed by atoms with E-state index in [4.69, 9.17) is 4.98 Å². The molecule has 0 atom stereocenters. The number of nitrogens with zero attached hydrogens (tertiary/aromatic N) is 3. The summed E-state index contributed by atoms with van der Waals surface area (Å²) >= 11 is 0. The van der Waals surface area contributed by atoms with Crippen molar-refractivity contribution < 1.29 is 0 Å². The molecule has 0 radical (unpaired) electrons. The molecule has 2 aromatic rings. The third-order valence-corrected chi connectivity index (χ3v) is 6.96. The van der Waals surface area contributed by atoms with Gasteiger partial charge in [0, 0.05) is 19.0 Å². The van der Waals surface area contributed by atoms with E-state index in [1.165, 1.54) is 43.1 Å². The number of H-pyrrole nitrogens is 1. The zero-order chi connectivity index (χ0) is 19.3. The molecule has 6 nitrogen and oxygen atoms in total. The predicted molar refractivity (Wildman–Crippen MR) is 107 cm³/mol. The third-order valence-electron chi connectivity index (χ3n) is 6.96. The van der Waals surface area contributed by atoms with Crippen LogP contribution in [-0.2, 0) is 19.0 Å². The molecule has 0 aromatic carbocycles. The normalized spacial score (nSPS) is 31.1. The van der Waals surface area contributed by atoms with Gasteiger partial charge in [0.05, 0.1) is 0 Å². The largest absolute Gasteiger partial charge is 0.336 e. The van der Waals surface area contributed by atoms with Crippen LogP contribution in [-0.4, -0.2) is 19.1 Å². The third kappa shape index (κ3) is 2.64. The summed E-state index contributed by atoms with van der Waals surface area (Å²) in [5.41, 5.74) is 0.645. The van der Waals surface area contributed by atoms with E-state index in [2.05, 4.69) is 18.1 Å². The fourth-order valence-corrected chi connectivity index (χ4v) is 6.31. The number of rotatable bonds is 3. The number of nitrogens with one attached hydrogen (secondary N) is 1. The number of aromatic nitrogens is 4. The summed E-state index contributed by atoms with van der Waals surface area (Å²) in [6.45, 7) is 8.63. The Morgan fingerprint density at radius 3 is 2.19 bits per heavy atom. The Labute approximate surface area is 159 Å². The maximum absolute atomic E-state index is 12.6. The second-order valence-electron chi connectivity index (χ2n) is 8.78. The summed E-state index contributed by atoms with van der Waals surface area (Å²) in [7, 11) is 1.56. The Bertz CT molecular complexity index is 945. The summed E-state index contributed by atoms with van der Waals surface area (Å²) in [5.74, 6) is 3.43. The molecule has 0 saturated heterocycles. The first kappa shape index (κ1) is 18.3. The zero-order valence-corrected chi connectivity index (χ0v) is 16.5. The van der Waals surface area contributed by atoms with Crippen molar-refractivity contribution in [3.05, 3.63) is 39.8 Å². The Kier molecular flexibility index (Phi) is 4.40. The highest BCUT2D eigenvalue weighted by Gasteiger charge is 2.53. The van der Waals surface area contributed by atoms with Crippen LogP contribution in [0.15, 0.2) is 22.7 Å². The van der Waals surface area contributed by atoms with E-state index in [9.17, 15) is 9.59 Å². The molecular formula is C21H30N4O2. The first-order chi connectivity index (χ1) is 13.0. The van der Waals surface area contributed by atoms with Gasteiger partial charge in [-0.05, 0) is 62.7 Å². The topological polar surface area (TPSA) is 72.7 Å². The summed E-state index contributed by atoms with van der Waals surface area (Å²) in [6, 6.07) is 0. The van der Waals surface area contributed by atoms with E-state index in [0.717, 1.165) is 30.0 Å². The van der Waals surface area contributed by atoms with Crippen molar-refractivity contribution in [2.75, 3.05) is 0 Å². The lowest BCUT2D eigenvalue weighted by molar-refractivity contribution is -0.00889. The SMILES string of the molecule is C=C.CCCn1c(=O)n(C)c(=O)c2[nH]c(C34CC5CC(CC(C5)C3)C4)nc21. The molecule has 27 heavy (non-hydrogen) atoms. The molecule has 6 rings (SSSR count). The first-order valence-electron chi connectivity index (χ1n) is 10.2. The second kappa shape index (κ2) is 6.50. The minimum absolute atomic E-state index is 0.103. The molecule has 4 aliphatic carbocycles. The smallest absolute Gasteiger partial charge is 0.332 e. The van der Waals surface area contributed by atoms with Gasteiger partial charge in [0.15, 0.2) is 5.65 Å². The van der Waals surface area contributed by atoms with E-state index < -0.39 is 0 Å². The van der Waals surface area contributed by atoms with E-state index in [-0.39, 0.29) is 16.7 Å². The van der Waals surface area contributed by atoms with E-state index >= 15 is 0 Å². The molecule has 0 unspecified atom stereocenters. The minimum Gasteiger partial charge on any atom is -0.336 e. The summed E-state index contributed by atoms with van der Waals surface area (Å²) in [6.07, 6.45) is 8.55. The van der Waals surface area contributed by atoms with Gasteiger partial charge in [-0.2, -0.15) is 0 Å². The highest BCUT2D eigenvalue weighted by atomic mass is 16.2. The lowest BCUT2D eigenvalue weighted by Gasteiger charge is -2.55. The van der Waals surface area contributed by atoms with Gasteiger partial charge in [-0.25, -0.2) is 9.78 Å². The standard InChI is InChI=1S/C19H26N4O2.C2H4/c1-3-4-23-15-14(16(24)22(2)18(23)25)20-17(21-15)19-8-11-5-12(9-19)7-13(6-11)10-19;1-2/h11-13H,3-10H2,1-2H3,(H,20,21);1-2H2. The van der Waals surface area contributed by atoms with E-state index in [0.29, 0.717) is 17.7 Å². The van der Waals surface area contributed by atoms with E-state index in [1.807, 2.05) is 6.92 Å². The fourth-order valence-electron chi connectivity index (χ4n) is 6.31. The maximum Gasteiger partial charge on any atom is 0.332 e. The van der Waals surface area contributed by atoms with Gasteiger partial charge in [0.25, 0.3) is 5.56 Å². The number of fused-ring (bicyclic) bond motifs is 1. The van der Waals surface area contributed by atoms with Gasteiger partial charge in [-0.1, -0.05) is 6.92 Å². The number of hydrogen-bond donors (Lipinski definition) is 1. The van der Waals surface area contributed by atoms with Gasteiger partial charge in [0.1, 0.15) is 11.3 Å². The van der Waals surface area contributed by atoms with Crippen LogP contribution in [0.2, 0.25) is 0 Å². The van der Waals surface area contributed by atoms with Gasteiger partial charge in [-0.15, -0.1) is 13.2 Å². The fraction of sp³-hybridized carbons (Fsp3) is 0.667. The van der Waals surface area contributed by atoms with Crippen LogP contribution in [0.5, 0.6) is 0 Å². The van der Waals surface area contributed by atoms with Gasteiger partial charge >= 0.3 is 5.69 Å². The Morgan fingerprint density at radius 1 is 1.11 bits per heavy atom. The van der Waals surface area contributed by atoms with Crippen molar-refractivity contribution in [3.63, 3.8) is 0 Å². The van der Waals surface area contributed by atoms with Crippen molar-refractivity contribution in [2.24, 2.45) is 24.8 Å². The van der Waals surface area contributed by atoms with Crippen LogP contribution in [0.1, 0.15) is 57.7 Å². The molecule has 4 fully saturated rings. The number of hydrogen-bond acceptors (Lipinski definition) is 3. The molecule has 6 heteroatoms. The molecule has 4 saturated carbocycles. The average molecular weight is 370 g/mol. The number of aromatic amines is 1. The zero-order valence-electron chi connectivity index (χ0n) is 16.5. The minimum atomic E-state index is -0.261. The highest BCUT2D eigenvalue weighted by Crippen LogP contribution is 2.60. The van der Waals surface area contributed by atoms with Crippen molar-refractivity contribution in [1.29, 1.82) is 0 Å². The lowest BCUT2D eigenvalue weighted by atomic mass is 9.49. The van der Waals surface area contributed by atoms with Crippen LogP contribution in [0.3, 0.4) is 0 Å². The summed E-state index contributed by atoms with van der Waals surface area (Å²) in [5, 5.41) is 0. The molecule has 0 amide bonds. The van der Waals surface area contributed by atoms with Crippen molar-refractivity contribution in [1.82, 2.24) is 19.1 Å². The molecule has 146 valence electrons. The second-order valence-corrected chi connectivity index (χ2v) is 8.78. The van der Waals surface area contributed by atoms with Crippen molar-refractivity contribution in [3.8, 4) is 0 Å². The Morgan fingerprint density at radius 2 is 1.67 bits per heavy atom. The molecule has 2 heterocycles. The number of imidazole rings is 1. The summed E-state index contributed by atoms with van der Waals surface area (Å²) in [4.78, 5) is 33.4. The number of aryl methyl sites for hydroxylation is 1. The Balaban J connectivity index is 0.000000872. The monoisotopic (exact) mass is 370 g/mol. The maximum atomic E-state index is 12.6. The van der Waals surface area contributed by atoms with Crippen molar-refractivity contribution >= 4 is 11.2 Å². The van der Waals surface area contributed by atoms with Crippen LogP contribution < -0.4 is 11.2 Å². The van der Waals surface area contributed by atoms with Gasteiger partial charge in [0.2, 0.25) is 0 Å². The van der Waals surface area contributed by atoms with Crippen LogP contribution in [0.4, 0.5) is 0 Å². The molecule has 0 aliphatic heterocycles. The van der Waals surface area contributed by atoms with Crippen LogP contribution in [0.25, 0.3) is 11.2 Å². The highest BCUT2D eigenvalue weighted by molar-refractivity contribution is 5.70. The molecule has 4 bridgehead atoms. The quantitative estimate of drug-likeness (QED) is 0.844. The van der Waals surface area contributed by atoms with Gasteiger partial charge in [-0.3, -0.25) is 13.9 Å². The van der Waals surface area contributed by atoms with Crippen LogP contribution >= 0.6 is 0 Å². The first-order valence-corrected chi connectivity index (χ1v) is 10.2.